The van der Waals surface area contributed by atoms with Crippen molar-refractivity contribution in [1.29, 1.82) is 0 Å². The van der Waals surface area contributed by atoms with E-state index in [1.807, 2.05) is 24.3 Å². The van der Waals surface area contributed by atoms with Crippen LogP contribution in [0.25, 0.3) is 10.8 Å². The van der Waals surface area contributed by atoms with Crippen LogP contribution in [0.15, 0.2) is 71.8 Å². The SMILES string of the molecule is O=S(=O)(Nc1nn(Cc2c(F)cccc2Cl)cc1Cl)c1ccc2ccccc2c1. The first kappa shape index (κ1) is 19.7. The maximum Gasteiger partial charge on any atom is 0.263 e. The number of anilines is 1. The van der Waals surface area contributed by atoms with Gasteiger partial charge >= 0.3 is 0 Å². The van der Waals surface area contributed by atoms with Crippen LogP contribution in [0.1, 0.15) is 5.56 Å². The summed E-state index contributed by atoms with van der Waals surface area (Å²) in [4.78, 5) is 0.0824. The number of aromatic nitrogens is 2. The Bertz CT molecular complexity index is 1300. The van der Waals surface area contributed by atoms with E-state index in [2.05, 4.69) is 9.82 Å². The Balaban J connectivity index is 1.62. The van der Waals surface area contributed by atoms with Gasteiger partial charge in [0.1, 0.15) is 10.8 Å². The minimum atomic E-state index is -3.91. The minimum Gasteiger partial charge on any atom is -0.264 e. The van der Waals surface area contributed by atoms with Gasteiger partial charge in [0.2, 0.25) is 0 Å². The van der Waals surface area contributed by atoms with E-state index in [4.69, 9.17) is 23.2 Å². The van der Waals surface area contributed by atoms with Crippen LogP contribution in [0.2, 0.25) is 10.0 Å². The van der Waals surface area contributed by atoms with Crippen molar-refractivity contribution in [3.63, 3.8) is 0 Å². The summed E-state index contributed by atoms with van der Waals surface area (Å²) in [5.74, 6) is -0.533. The zero-order chi connectivity index (χ0) is 20.6. The van der Waals surface area contributed by atoms with Gasteiger partial charge in [-0.15, -0.1) is 0 Å². The lowest BCUT2D eigenvalue weighted by Gasteiger charge is -2.08. The Labute approximate surface area is 176 Å². The van der Waals surface area contributed by atoms with Gasteiger partial charge in [-0.25, -0.2) is 12.8 Å². The van der Waals surface area contributed by atoms with Crippen molar-refractivity contribution in [2.75, 3.05) is 4.72 Å². The minimum absolute atomic E-state index is 0.00291. The summed E-state index contributed by atoms with van der Waals surface area (Å²) in [6.07, 6.45) is 1.41. The molecule has 3 aromatic carbocycles. The second-order valence-corrected chi connectivity index (χ2v) is 8.83. The molecule has 0 atom stereocenters. The van der Waals surface area contributed by atoms with Crippen molar-refractivity contribution in [2.24, 2.45) is 0 Å². The van der Waals surface area contributed by atoms with Crippen molar-refractivity contribution in [3.8, 4) is 0 Å². The van der Waals surface area contributed by atoms with Gasteiger partial charge in [-0.1, -0.05) is 59.6 Å². The van der Waals surface area contributed by atoms with Crippen LogP contribution in [0, 0.1) is 5.82 Å². The lowest BCUT2D eigenvalue weighted by Crippen LogP contribution is -2.14. The van der Waals surface area contributed by atoms with Crippen LogP contribution in [-0.2, 0) is 16.6 Å². The lowest BCUT2D eigenvalue weighted by molar-refractivity contribution is 0.585. The smallest absolute Gasteiger partial charge is 0.263 e. The molecule has 0 spiro atoms. The highest BCUT2D eigenvalue weighted by Crippen LogP contribution is 2.26. The highest BCUT2D eigenvalue weighted by atomic mass is 35.5. The van der Waals surface area contributed by atoms with Gasteiger partial charge in [0.05, 0.1) is 11.4 Å². The second kappa shape index (κ2) is 7.67. The van der Waals surface area contributed by atoms with Gasteiger partial charge in [0.25, 0.3) is 10.0 Å². The lowest BCUT2D eigenvalue weighted by atomic mass is 10.1. The zero-order valence-corrected chi connectivity index (χ0v) is 17.1. The molecule has 0 saturated carbocycles. The number of nitrogens with one attached hydrogen (secondary N) is 1. The fraction of sp³-hybridized carbons (Fsp3) is 0.0500. The Morgan fingerprint density at radius 1 is 0.966 bits per heavy atom. The van der Waals surface area contributed by atoms with E-state index in [0.717, 1.165) is 10.8 Å². The van der Waals surface area contributed by atoms with Crippen molar-refractivity contribution >= 4 is 49.8 Å². The molecular weight excluding hydrogens is 436 g/mol. The van der Waals surface area contributed by atoms with E-state index < -0.39 is 15.8 Å². The highest BCUT2D eigenvalue weighted by molar-refractivity contribution is 7.92. The zero-order valence-electron chi connectivity index (χ0n) is 14.8. The van der Waals surface area contributed by atoms with E-state index in [-0.39, 0.29) is 32.9 Å². The maximum absolute atomic E-state index is 14.0. The monoisotopic (exact) mass is 449 g/mol. The molecule has 0 aliphatic heterocycles. The summed E-state index contributed by atoms with van der Waals surface area (Å²) >= 11 is 12.2. The van der Waals surface area contributed by atoms with Gasteiger partial charge in [-0.05, 0) is 35.0 Å². The third-order valence-corrected chi connectivity index (χ3v) is 6.33. The molecule has 0 aliphatic carbocycles. The first-order valence-corrected chi connectivity index (χ1v) is 10.7. The molecule has 1 aromatic heterocycles. The largest absolute Gasteiger partial charge is 0.264 e. The standard InChI is InChI=1S/C20H14Cl2FN3O2S/c21-17-6-3-7-19(23)16(17)11-26-12-18(22)20(24-26)25-29(27,28)15-9-8-13-4-1-2-5-14(13)10-15/h1-10,12H,11H2,(H,24,25). The van der Waals surface area contributed by atoms with Crippen molar-refractivity contribution in [2.45, 2.75) is 11.4 Å². The van der Waals surface area contributed by atoms with E-state index >= 15 is 0 Å². The molecule has 4 rings (SSSR count). The van der Waals surface area contributed by atoms with Gasteiger partial charge < -0.3 is 0 Å². The molecule has 9 heteroatoms. The number of hydrogen-bond acceptors (Lipinski definition) is 3. The molecule has 0 aliphatic rings. The predicted octanol–water partition coefficient (Wildman–Crippen LogP) is 5.33. The summed E-state index contributed by atoms with van der Waals surface area (Å²) < 4.78 is 43.2. The summed E-state index contributed by atoms with van der Waals surface area (Å²) in [6.45, 7) is 0.00291. The number of sulfonamides is 1. The summed E-state index contributed by atoms with van der Waals surface area (Å²) in [6, 6.07) is 16.6. The fourth-order valence-corrected chi connectivity index (χ4v) is 4.44. The highest BCUT2D eigenvalue weighted by Gasteiger charge is 2.19. The summed E-state index contributed by atoms with van der Waals surface area (Å²) in [7, 11) is -3.91. The van der Waals surface area contributed by atoms with E-state index in [9.17, 15) is 12.8 Å². The van der Waals surface area contributed by atoms with Gasteiger partial charge in [0.15, 0.2) is 5.82 Å². The molecule has 29 heavy (non-hydrogen) atoms. The predicted molar refractivity (Wildman–Crippen MR) is 113 cm³/mol. The Kier molecular flexibility index (Phi) is 5.21. The average molecular weight is 450 g/mol. The van der Waals surface area contributed by atoms with E-state index in [1.54, 1.807) is 18.2 Å². The van der Waals surface area contributed by atoms with Crippen LogP contribution >= 0.6 is 23.2 Å². The molecule has 0 amide bonds. The Hall–Kier alpha value is -2.61. The van der Waals surface area contributed by atoms with Gasteiger partial charge in [-0.2, -0.15) is 5.10 Å². The fourth-order valence-electron chi connectivity index (χ4n) is 2.91. The third-order valence-electron chi connectivity index (χ3n) is 4.36. The molecule has 5 nitrogen and oxygen atoms in total. The molecule has 0 fully saturated rings. The first-order chi connectivity index (χ1) is 13.8. The molecule has 148 valence electrons. The maximum atomic E-state index is 14.0. The summed E-state index contributed by atoms with van der Waals surface area (Å²) in [5.41, 5.74) is 0.234. The number of hydrogen-bond donors (Lipinski definition) is 1. The number of fused-ring (bicyclic) bond motifs is 1. The van der Waals surface area contributed by atoms with Crippen LogP contribution in [-0.4, -0.2) is 18.2 Å². The molecule has 1 N–H and O–H groups in total. The van der Waals surface area contributed by atoms with Crippen molar-refractivity contribution in [3.05, 3.63) is 88.3 Å². The molecule has 0 bridgehead atoms. The van der Waals surface area contributed by atoms with Crippen LogP contribution in [0.4, 0.5) is 10.2 Å². The van der Waals surface area contributed by atoms with Crippen LogP contribution in [0.5, 0.6) is 0 Å². The average Bonchev–Trinajstić information content (AvgIpc) is 3.03. The normalized spacial score (nSPS) is 11.7. The van der Waals surface area contributed by atoms with Gasteiger partial charge in [0, 0.05) is 16.8 Å². The quantitative estimate of drug-likeness (QED) is 0.447. The van der Waals surface area contributed by atoms with Crippen molar-refractivity contribution in [1.82, 2.24) is 9.78 Å². The third kappa shape index (κ3) is 4.07. The van der Waals surface area contributed by atoms with Crippen LogP contribution in [0.3, 0.4) is 0 Å². The molecule has 1 heterocycles. The molecular formula is C20H14Cl2FN3O2S. The summed E-state index contributed by atoms with van der Waals surface area (Å²) in [5, 5.41) is 6.18. The number of benzene rings is 3. The Morgan fingerprint density at radius 3 is 2.48 bits per heavy atom. The molecule has 4 aromatic rings. The molecule has 0 radical (unpaired) electrons. The molecule has 0 unspecified atom stereocenters. The molecule has 0 saturated heterocycles. The number of rotatable bonds is 5. The topological polar surface area (TPSA) is 64.0 Å². The first-order valence-electron chi connectivity index (χ1n) is 8.51. The Morgan fingerprint density at radius 2 is 1.72 bits per heavy atom. The van der Waals surface area contributed by atoms with Crippen LogP contribution < -0.4 is 4.72 Å². The number of nitrogens with zero attached hydrogens (tertiary/aromatic N) is 2. The van der Waals surface area contributed by atoms with E-state index in [0.29, 0.717) is 0 Å². The van der Waals surface area contributed by atoms with Crippen molar-refractivity contribution < 1.29 is 12.8 Å². The number of halogens is 3. The van der Waals surface area contributed by atoms with E-state index in [1.165, 1.54) is 29.1 Å². The van der Waals surface area contributed by atoms with Gasteiger partial charge in [-0.3, -0.25) is 9.40 Å². The second-order valence-electron chi connectivity index (χ2n) is 6.34.